The first kappa shape index (κ1) is 25.1. The zero-order chi connectivity index (χ0) is 26.0. The second-order valence-electron chi connectivity index (χ2n) is 8.39. The number of fused-ring (bicyclic) bond motifs is 1. The third-order valence-corrected chi connectivity index (χ3v) is 7.44. The van der Waals surface area contributed by atoms with Crippen molar-refractivity contribution in [2.24, 2.45) is 14.1 Å². The van der Waals surface area contributed by atoms with Gasteiger partial charge in [0.2, 0.25) is 15.9 Å². The van der Waals surface area contributed by atoms with Crippen LogP contribution < -0.4 is 21.3 Å². The summed E-state index contributed by atoms with van der Waals surface area (Å²) in [6.45, 7) is 2.00. The van der Waals surface area contributed by atoms with Crippen LogP contribution in [0.25, 0.3) is 10.9 Å². The monoisotopic (exact) mass is 506 g/mol. The Morgan fingerprint density at radius 1 is 0.917 bits per heavy atom. The molecule has 0 fully saturated rings. The van der Waals surface area contributed by atoms with E-state index in [1.54, 1.807) is 36.4 Å². The highest BCUT2D eigenvalue weighted by Crippen LogP contribution is 2.22. The molecule has 1 aromatic heterocycles. The second kappa shape index (κ2) is 9.92. The van der Waals surface area contributed by atoms with Gasteiger partial charge >= 0.3 is 5.69 Å². The molecule has 1 amide bonds. The van der Waals surface area contributed by atoms with Gasteiger partial charge in [0.05, 0.1) is 15.8 Å². The molecular formula is C26H26N4O5S. The highest BCUT2D eigenvalue weighted by Gasteiger charge is 2.28. The fraction of sp³-hybridized carbons (Fsp3) is 0.192. The van der Waals surface area contributed by atoms with Gasteiger partial charge in [-0.1, -0.05) is 49.4 Å². The molecule has 0 aliphatic heterocycles. The number of carbonyl (C=O) groups is 1. The molecular weight excluding hydrogens is 480 g/mol. The quantitative estimate of drug-likeness (QED) is 0.399. The van der Waals surface area contributed by atoms with Crippen LogP contribution in [0.1, 0.15) is 24.1 Å². The van der Waals surface area contributed by atoms with Crippen molar-refractivity contribution >= 4 is 32.5 Å². The number of amides is 1. The van der Waals surface area contributed by atoms with E-state index in [2.05, 4.69) is 10.0 Å². The van der Waals surface area contributed by atoms with Crippen LogP contribution in [0.4, 0.5) is 5.69 Å². The van der Waals surface area contributed by atoms with Crippen LogP contribution in [0.5, 0.6) is 0 Å². The number of nitrogens with one attached hydrogen (secondary N) is 2. The molecule has 0 bridgehead atoms. The summed E-state index contributed by atoms with van der Waals surface area (Å²) < 4.78 is 31.5. The lowest BCUT2D eigenvalue weighted by Crippen LogP contribution is -2.38. The minimum Gasteiger partial charge on any atom is -0.324 e. The van der Waals surface area contributed by atoms with Gasteiger partial charge in [0, 0.05) is 19.8 Å². The molecule has 0 spiro atoms. The number of hydrogen-bond acceptors (Lipinski definition) is 5. The topological polar surface area (TPSA) is 119 Å². The standard InChI is InChI=1S/C26H26N4O5S/c1-4-17-9-8-12-19(15-17)27-24(31)23(18-10-6-5-7-11-18)28-36(34,35)20-13-14-22-21(16-20)25(32)30(3)26(33)29(22)2/h5-16,23,28H,4H2,1-3H3,(H,27,31)/t23-/m0/s1. The molecule has 186 valence electrons. The summed E-state index contributed by atoms with van der Waals surface area (Å²) >= 11 is 0. The van der Waals surface area contributed by atoms with Gasteiger partial charge in [0.1, 0.15) is 6.04 Å². The highest BCUT2D eigenvalue weighted by molar-refractivity contribution is 7.89. The molecule has 0 aliphatic carbocycles. The summed E-state index contributed by atoms with van der Waals surface area (Å²) in [4.78, 5) is 37.9. The predicted molar refractivity (Wildman–Crippen MR) is 138 cm³/mol. The minimum absolute atomic E-state index is 0.0690. The van der Waals surface area contributed by atoms with Crippen LogP contribution in [0.3, 0.4) is 0 Å². The molecule has 0 radical (unpaired) electrons. The Kier molecular flexibility index (Phi) is 6.91. The van der Waals surface area contributed by atoms with Crippen LogP contribution in [0.15, 0.2) is 87.3 Å². The van der Waals surface area contributed by atoms with Crippen LogP contribution in [0.2, 0.25) is 0 Å². The van der Waals surface area contributed by atoms with E-state index < -0.39 is 33.2 Å². The van der Waals surface area contributed by atoms with Crippen molar-refractivity contribution in [3.8, 4) is 0 Å². The average Bonchev–Trinajstić information content (AvgIpc) is 2.89. The number of benzene rings is 3. The molecule has 0 aliphatic rings. The van der Waals surface area contributed by atoms with Gasteiger partial charge in [-0.25, -0.2) is 13.2 Å². The SMILES string of the molecule is CCc1cccc(NC(=O)[C@@H](NS(=O)(=O)c2ccc3c(c2)c(=O)n(C)c(=O)n3C)c2ccccc2)c1. The maximum atomic E-state index is 13.4. The maximum absolute atomic E-state index is 13.4. The van der Waals surface area contributed by atoms with Crippen molar-refractivity contribution in [1.29, 1.82) is 0 Å². The van der Waals surface area contributed by atoms with Crippen molar-refractivity contribution in [2.45, 2.75) is 24.3 Å². The third kappa shape index (κ3) is 4.86. The smallest absolute Gasteiger partial charge is 0.324 e. The van der Waals surface area contributed by atoms with Gasteiger partial charge in [-0.2, -0.15) is 4.72 Å². The number of anilines is 1. The normalized spacial score (nSPS) is 12.4. The Bertz CT molecular complexity index is 1670. The first-order chi connectivity index (χ1) is 17.1. The lowest BCUT2D eigenvalue weighted by molar-refractivity contribution is -0.117. The Balaban J connectivity index is 1.73. The summed E-state index contributed by atoms with van der Waals surface area (Å²) in [5, 5.41) is 2.86. The average molecular weight is 507 g/mol. The van der Waals surface area contributed by atoms with E-state index in [0.29, 0.717) is 16.8 Å². The number of carbonyl (C=O) groups excluding carboxylic acids is 1. The molecule has 4 rings (SSSR count). The van der Waals surface area contributed by atoms with Crippen LogP contribution in [-0.2, 0) is 35.3 Å². The van der Waals surface area contributed by atoms with Gasteiger partial charge in [-0.15, -0.1) is 0 Å². The minimum atomic E-state index is -4.25. The van der Waals surface area contributed by atoms with Crippen LogP contribution in [-0.4, -0.2) is 23.5 Å². The first-order valence-corrected chi connectivity index (χ1v) is 12.8. The molecule has 10 heteroatoms. The summed E-state index contributed by atoms with van der Waals surface area (Å²) in [5.74, 6) is -0.558. The van der Waals surface area contributed by atoms with Crippen molar-refractivity contribution in [3.63, 3.8) is 0 Å². The van der Waals surface area contributed by atoms with Gasteiger partial charge in [0.15, 0.2) is 0 Å². The Morgan fingerprint density at radius 2 is 1.64 bits per heavy atom. The number of nitrogens with zero attached hydrogens (tertiary/aromatic N) is 2. The number of hydrogen-bond donors (Lipinski definition) is 2. The molecule has 0 saturated carbocycles. The van der Waals surface area contributed by atoms with E-state index in [-0.39, 0.29) is 10.3 Å². The lowest BCUT2D eigenvalue weighted by Gasteiger charge is -2.19. The predicted octanol–water partition coefficient (Wildman–Crippen LogP) is 2.46. The summed E-state index contributed by atoms with van der Waals surface area (Å²) in [6.07, 6.45) is 0.783. The lowest BCUT2D eigenvalue weighted by atomic mass is 10.1. The van der Waals surface area contributed by atoms with Gasteiger partial charge < -0.3 is 5.32 Å². The molecule has 1 atom stereocenters. The van der Waals surface area contributed by atoms with Crippen LogP contribution in [0, 0.1) is 0 Å². The maximum Gasteiger partial charge on any atom is 0.330 e. The fourth-order valence-corrected chi connectivity index (χ4v) is 5.18. The molecule has 36 heavy (non-hydrogen) atoms. The van der Waals surface area contributed by atoms with Gasteiger partial charge in [-0.3, -0.25) is 18.7 Å². The van der Waals surface area contributed by atoms with Crippen molar-refractivity contribution in [3.05, 3.63) is 105 Å². The summed E-state index contributed by atoms with van der Waals surface area (Å²) in [6, 6.07) is 18.5. The number of aromatic nitrogens is 2. The van der Waals surface area contributed by atoms with Gasteiger partial charge in [-0.05, 0) is 47.9 Å². The first-order valence-electron chi connectivity index (χ1n) is 11.3. The van der Waals surface area contributed by atoms with E-state index in [0.717, 1.165) is 16.6 Å². The number of rotatable bonds is 7. The van der Waals surface area contributed by atoms with E-state index in [4.69, 9.17) is 0 Å². The van der Waals surface area contributed by atoms with E-state index >= 15 is 0 Å². The van der Waals surface area contributed by atoms with Crippen molar-refractivity contribution in [1.82, 2.24) is 13.9 Å². The molecule has 2 N–H and O–H groups in total. The largest absolute Gasteiger partial charge is 0.330 e. The fourth-order valence-electron chi connectivity index (χ4n) is 3.97. The van der Waals surface area contributed by atoms with E-state index in [9.17, 15) is 22.8 Å². The zero-order valence-corrected chi connectivity index (χ0v) is 20.9. The zero-order valence-electron chi connectivity index (χ0n) is 20.1. The highest BCUT2D eigenvalue weighted by atomic mass is 32.2. The molecule has 3 aromatic carbocycles. The number of aryl methyl sites for hydroxylation is 2. The van der Waals surface area contributed by atoms with Gasteiger partial charge in [0.25, 0.3) is 5.56 Å². The number of sulfonamides is 1. The van der Waals surface area contributed by atoms with Crippen molar-refractivity contribution < 1.29 is 13.2 Å². The van der Waals surface area contributed by atoms with E-state index in [1.165, 1.54) is 36.9 Å². The molecule has 0 saturated heterocycles. The molecule has 0 unspecified atom stereocenters. The Labute approximate surface area is 208 Å². The molecule has 1 heterocycles. The third-order valence-electron chi connectivity index (χ3n) is 6.02. The van der Waals surface area contributed by atoms with Crippen LogP contribution >= 0.6 is 0 Å². The Morgan fingerprint density at radius 3 is 2.33 bits per heavy atom. The summed E-state index contributed by atoms with van der Waals surface area (Å²) in [7, 11) is -1.42. The van der Waals surface area contributed by atoms with Crippen molar-refractivity contribution in [2.75, 3.05) is 5.32 Å². The molecule has 4 aromatic rings. The second-order valence-corrected chi connectivity index (χ2v) is 10.1. The van der Waals surface area contributed by atoms with E-state index in [1.807, 2.05) is 25.1 Å². The Hall–Kier alpha value is -4.02. The summed E-state index contributed by atoms with van der Waals surface area (Å²) in [5.41, 5.74) is 1.19. The molecule has 9 nitrogen and oxygen atoms in total.